The Hall–Kier alpha value is -2.30. The van der Waals surface area contributed by atoms with Crippen LogP contribution in [0.2, 0.25) is 0 Å². The van der Waals surface area contributed by atoms with Gasteiger partial charge in [-0.15, -0.1) is 0 Å². The van der Waals surface area contributed by atoms with Crippen molar-refractivity contribution < 1.29 is 9.53 Å². The number of benzene rings is 1. The van der Waals surface area contributed by atoms with E-state index in [0.717, 1.165) is 12.4 Å². The molecule has 1 aliphatic carbocycles. The standard InChI is InChI=1S/C16H19N3O2/c1-21-14-4-2-3-13(11-14)16(20)18-8-10-19-9-7-17-15(19)12-5-6-12/h2-4,7,9,11-12H,5-6,8,10H2,1H3,(H,18,20). The molecule has 5 nitrogen and oxygen atoms in total. The van der Waals surface area contributed by atoms with Gasteiger partial charge in [0.2, 0.25) is 0 Å². The third-order valence-corrected chi connectivity index (χ3v) is 3.66. The van der Waals surface area contributed by atoms with Gasteiger partial charge in [-0.1, -0.05) is 6.07 Å². The molecule has 1 aliphatic rings. The van der Waals surface area contributed by atoms with Crippen LogP contribution in [0.1, 0.15) is 34.9 Å². The first-order chi connectivity index (χ1) is 10.3. The van der Waals surface area contributed by atoms with Gasteiger partial charge in [0.15, 0.2) is 0 Å². The van der Waals surface area contributed by atoms with Crippen LogP contribution < -0.4 is 10.1 Å². The molecule has 1 amide bonds. The quantitative estimate of drug-likeness (QED) is 0.885. The molecule has 21 heavy (non-hydrogen) atoms. The van der Waals surface area contributed by atoms with Crippen LogP contribution >= 0.6 is 0 Å². The largest absolute Gasteiger partial charge is 0.497 e. The number of rotatable bonds is 6. The minimum absolute atomic E-state index is 0.0815. The monoisotopic (exact) mass is 285 g/mol. The van der Waals surface area contributed by atoms with Gasteiger partial charge in [-0.2, -0.15) is 0 Å². The van der Waals surface area contributed by atoms with Crippen molar-refractivity contribution in [2.24, 2.45) is 0 Å². The Morgan fingerprint density at radius 3 is 3.10 bits per heavy atom. The fraction of sp³-hybridized carbons (Fsp3) is 0.375. The van der Waals surface area contributed by atoms with Crippen molar-refractivity contribution in [2.75, 3.05) is 13.7 Å². The topological polar surface area (TPSA) is 56.1 Å². The SMILES string of the molecule is COc1cccc(C(=O)NCCn2ccnc2C2CC2)c1. The van der Waals surface area contributed by atoms with Crippen LogP contribution in [0, 0.1) is 0 Å². The number of nitrogens with zero attached hydrogens (tertiary/aromatic N) is 2. The molecule has 0 atom stereocenters. The van der Waals surface area contributed by atoms with Gasteiger partial charge < -0.3 is 14.6 Å². The summed E-state index contributed by atoms with van der Waals surface area (Å²) in [5, 5.41) is 2.93. The van der Waals surface area contributed by atoms with Crippen LogP contribution in [-0.2, 0) is 6.54 Å². The maximum Gasteiger partial charge on any atom is 0.251 e. The van der Waals surface area contributed by atoms with Gasteiger partial charge in [0.05, 0.1) is 7.11 Å². The van der Waals surface area contributed by atoms with Gasteiger partial charge in [0, 0.05) is 37.0 Å². The zero-order chi connectivity index (χ0) is 14.7. The molecule has 1 N–H and O–H groups in total. The van der Waals surface area contributed by atoms with Crippen molar-refractivity contribution in [3.63, 3.8) is 0 Å². The summed E-state index contributed by atoms with van der Waals surface area (Å²) >= 11 is 0. The van der Waals surface area contributed by atoms with E-state index >= 15 is 0 Å². The highest BCUT2D eigenvalue weighted by atomic mass is 16.5. The lowest BCUT2D eigenvalue weighted by molar-refractivity contribution is 0.0952. The predicted molar refractivity (Wildman–Crippen MR) is 79.5 cm³/mol. The molecule has 0 bridgehead atoms. The Labute approximate surface area is 124 Å². The van der Waals surface area contributed by atoms with Crippen molar-refractivity contribution in [3.8, 4) is 5.75 Å². The van der Waals surface area contributed by atoms with E-state index in [1.54, 1.807) is 19.2 Å². The smallest absolute Gasteiger partial charge is 0.251 e. The zero-order valence-corrected chi connectivity index (χ0v) is 12.1. The van der Waals surface area contributed by atoms with Gasteiger partial charge in [0.1, 0.15) is 11.6 Å². The van der Waals surface area contributed by atoms with Crippen molar-refractivity contribution in [1.82, 2.24) is 14.9 Å². The van der Waals surface area contributed by atoms with E-state index in [-0.39, 0.29) is 5.91 Å². The number of imidazole rings is 1. The molecule has 0 aliphatic heterocycles. The highest BCUT2D eigenvalue weighted by molar-refractivity contribution is 5.94. The van der Waals surface area contributed by atoms with Gasteiger partial charge in [0.25, 0.3) is 5.91 Å². The number of hydrogen-bond donors (Lipinski definition) is 1. The molecule has 1 aromatic carbocycles. The van der Waals surface area contributed by atoms with Gasteiger partial charge in [-0.05, 0) is 31.0 Å². The van der Waals surface area contributed by atoms with E-state index in [4.69, 9.17) is 4.74 Å². The number of carbonyl (C=O) groups excluding carboxylic acids is 1. The second-order valence-electron chi connectivity index (χ2n) is 5.24. The number of aromatic nitrogens is 2. The summed E-state index contributed by atoms with van der Waals surface area (Å²) in [6.45, 7) is 1.34. The first-order valence-corrected chi connectivity index (χ1v) is 7.21. The number of methoxy groups -OCH3 is 1. The fourth-order valence-electron chi connectivity index (χ4n) is 2.37. The Kier molecular flexibility index (Phi) is 3.90. The van der Waals surface area contributed by atoms with E-state index in [9.17, 15) is 4.79 Å². The third kappa shape index (κ3) is 3.24. The molecule has 3 rings (SSSR count). The molecule has 1 heterocycles. The van der Waals surface area contributed by atoms with E-state index in [0.29, 0.717) is 23.8 Å². The maximum atomic E-state index is 12.1. The second-order valence-corrected chi connectivity index (χ2v) is 5.24. The molecule has 1 aromatic heterocycles. The fourth-order valence-corrected chi connectivity index (χ4v) is 2.37. The van der Waals surface area contributed by atoms with Crippen molar-refractivity contribution in [2.45, 2.75) is 25.3 Å². The molecule has 5 heteroatoms. The minimum atomic E-state index is -0.0815. The summed E-state index contributed by atoms with van der Waals surface area (Å²) in [6, 6.07) is 7.16. The van der Waals surface area contributed by atoms with E-state index in [1.807, 2.05) is 24.5 Å². The van der Waals surface area contributed by atoms with E-state index in [1.165, 1.54) is 12.8 Å². The summed E-state index contributed by atoms with van der Waals surface area (Å²) in [6.07, 6.45) is 6.27. The second kappa shape index (κ2) is 5.99. The average molecular weight is 285 g/mol. The summed E-state index contributed by atoms with van der Waals surface area (Å²) in [5.41, 5.74) is 0.613. The highest BCUT2D eigenvalue weighted by Gasteiger charge is 2.27. The summed E-state index contributed by atoms with van der Waals surface area (Å²) in [7, 11) is 1.59. The zero-order valence-electron chi connectivity index (χ0n) is 12.1. The first kappa shape index (κ1) is 13.7. The van der Waals surface area contributed by atoms with Crippen molar-refractivity contribution in [1.29, 1.82) is 0 Å². The number of ether oxygens (including phenoxy) is 1. The van der Waals surface area contributed by atoms with Gasteiger partial charge in [-0.3, -0.25) is 4.79 Å². The van der Waals surface area contributed by atoms with Crippen LogP contribution in [0.3, 0.4) is 0 Å². The molecule has 2 aromatic rings. The lowest BCUT2D eigenvalue weighted by Crippen LogP contribution is -2.27. The number of amides is 1. The lowest BCUT2D eigenvalue weighted by Gasteiger charge is -2.09. The molecule has 0 spiro atoms. The molecule has 0 radical (unpaired) electrons. The van der Waals surface area contributed by atoms with Crippen molar-refractivity contribution >= 4 is 5.91 Å². The Bertz CT molecular complexity index is 632. The van der Waals surface area contributed by atoms with Gasteiger partial charge >= 0.3 is 0 Å². The Morgan fingerprint density at radius 1 is 1.48 bits per heavy atom. The average Bonchev–Trinajstić information content (AvgIpc) is 3.26. The molecule has 0 saturated heterocycles. The van der Waals surface area contributed by atoms with Crippen molar-refractivity contribution in [3.05, 3.63) is 48.0 Å². The summed E-state index contributed by atoms with van der Waals surface area (Å²) < 4.78 is 7.25. The normalized spacial score (nSPS) is 14.0. The van der Waals surface area contributed by atoms with Crippen LogP contribution in [0.25, 0.3) is 0 Å². The molecular formula is C16H19N3O2. The highest BCUT2D eigenvalue weighted by Crippen LogP contribution is 2.38. The molecule has 0 unspecified atom stereocenters. The van der Waals surface area contributed by atoms with Crippen LogP contribution in [0.15, 0.2) is 36.7 Å². The Balaban J connectivity index is 1.54. The lowest BCUT2D eigenvalue weighted by atomic mass is 10.2. The number of carbonyl (C=O) groups is 1. The maximum absolute atomic E-state index is 12.1. The summed E-state index contributed by atoms with van der Waals surface area (Å²) in [5.74, 6) is 2.37. The Morgan fingerprint density at radius 2 is 2.33 bits per heavy atom. The molecule has 1 saturated carbocycles. The first-order valence-electron chi connectivity index (χ1n) is 7.21. The summed E-state index contributed by atoms with van der Waals surface area (Å²) in [4.78, 5) is 16.5. The predicted octanol–water partition coefficient (Wildman–Crippen LogP) is 2.20. The molecular weight excluding hydrogens is 266 g/mol. The van der Waals surface area contributed by atoms with E-state index < -0.39 is 0 Å². The molecule has 1 fully saturated rings. The number of nitrogens with one attached hydrogen (secondary N) is 1. The van der Waals surface area contributed by atoms with Crippen LogP contribution in [0.5, 0.6) is 5.75 Å². The number of hydrogen-bond acceptors (Lipinski definition) is 3. The molecule has 110 valence electrons. The van der Waals surface area contributed by atoms with Crippen LogP contribution in [0.4, 0.5) is 0 Å². The van der Waals surface area contributed by atoms with E-state index in [2.05, 4.69) is 14.9 Å². The van der Waals surface area contributed by atoms with Crippen LogP contribution in [-0.4, -0.2) is 29.1 Å². The minimum Gasteiger partial charge on any atom is -0.497 e. The third-order valence-electron chi connectivity index (χ3n) is 3.66. The van der Waals surface area contributed by atoms with Gasteiger partial charge in [-0.25, -0.2) is 4.98 Å².